The van der Waals surface area contributed by atoms with Crippen molar-refractivity contribution in [2.24, 2.45) is 0 Å². The number of carbonyl (C=O) groups is 3. The first-order valence-electron chi connectivity index (χ1n) is 7.42. The number of thiophene rings is 1. The van der Waals surface area contributed by atoms with Crippen LogP contribution in [0.4, 0.5) is 9.39 Å². The summed E-state index contributed by atoms with van der Waals surface area (Å²) in [5, 5.41) is 0.0174. The maximum absolute atomic E-state index is 13.7. The monoisotopic (exact) mass is 397 g/mol. The number of anilines is 1. The minimum absolute atomic E-state index is 0.00381. The molecular formula is C17H16FNO7S. The zero-order chi connectivity index (χ0) is 20.1. The van der Waals surface area contributed by atoms with Crippen LogP contribution in [-0.2, 0) is 20.8 Å². The fourth-order valence-electron chi connectivity index (χ4n) is 2.22. The predicted molar refractivity (Wildman–Crippen MR) is 93.5 cm³/mol. The molecule has 27 heavy (non-hydrogen) atoms. The number of ether oxygens (including phenoxy) is 4. The molecule has 2 aromatic rings. The first kappa shape index (κ1) is 20.2. The zero-order valence-electron chi connectivity index (χ0n) is 14.7. The van der Waals surface area contributed by atoms with Crippen molar-refractivity contribution >= 4 is 34.2 Å². The molecule has 2 N–H and O–H groups in total. The molecule has 1 aromatic carbocycles. The van der Waals surface area contributed by atoms with Gasteiger partial charge in [-0.05, 0) is 18.2 Å². The van der Waals surface area contributed by atoms with Gasteiger partial charge in [0.2, 0.25) is 0 Å². The Morgan fingerprint density at radius 2 is 1.74 bits per heavy atom. The van der Waals surface area contributed by atoms with Gasteiger partial charge in [-0.15, -0.1) is 11.3 Å². The van der Waals surface area contributed by atoms with E-state index < -0.39 is 30.3 Å². The number of nitrogen functional groups attached to an aromatic ring is 1. The molecule has 8 nitrogen and oxygen atoms in total. The molecule has 0 aliphatic rings. The molecule has 0 saturated carbocycles. The van der Waals surface area contributed by atoms with Crippen molar-refractivity contribution in [3.8, 4) is 5.75 Å². The van der Waals surface area contributed by atoms with Crippen LogP contribution in [0.1, 0.15) is 36.0 Å². The normalized spacial score (nSPS) is 10.2. The number of hydrogen-bond donors (Lipinski definition) is 1. The van der Waals surface area contributed by atoms with E-state index in [2.05, 4.69) is 9.47 Å². The highest BCUT2D eigenvalue weighted by Crippen LogP contribution is 2.33. The van der Waals surface area contributed by atoms with Crippen molar-refractivity contribution in [2.75, 3.05) is 27.1 Å². The van der Waals surface area contributed by atoms with Gasteiger partial charge in [-0.1, -0.05) is 0 Å². The van der Waals surface area contributed by atoms with Gasteiger partial charge in [0.1, 0.15) is 22.0 Å². The van der Waals surface area contributed by atoms with Gasteiger partial charge < -0.3 is 24.7 Å². The van der Waals surface area contributed by atoms with E-state index in [4.69, 9.17) is 15.2 Å². The van der Waals surface area contributed by atoms with E-state index in [0.717, 1.165) is 31.6 Å². The molecule has 10 heteroatoms. The van der Waals surface area contributed by atoms with Crippen LogP contribution in [0, 0.1) is 5.82 Å². The average molecular weight is 397 g/mol. The SMILES string of the molecule is COC(=O)c1sc(N)c(C(=O)OC)c1COC(=O)c1ccc(OC)c(F)c1. The van der Waals surface area contributed by atoms with Gasteiger partial charge in [0.05, 0.1) is 26.9 Å². The molecule has 1 heterocycles. The summed E-state index contributed by atoms with van der Waals surface area (Å²) in [6.45, 7) is -0.463. The highest BCUT2D eigenvalue weighted by molar-refractivity contribution is 7.18. The smallest absolute Gasteiger partial charge is 0.348 e. The second kappa shape index (κ2) is 8.49. The molecule has 0 saturated heterocycles. The van der Waals surface area contributed by atoms with Gasteiger partial charge in [0.15, 0.2) is 11.6 Å². The lowest BCUT2D eigenvalue weighted by Gasteiger charge is -2.09. The Balaban J connectivity index is 2.30. The lowest BCUT2D eigenvalue weighted by atomic mass is 10.1. The van der Waals surface area contributed by atoms with Crippen molar-refractivity contribution < 1.29 is 37.7 Å². The van der Waals surface area contributed by atoms with Gasteiger partial charge >= 0.3 is 17.9 Å². The van der Waals surface area contributed by atoms with E-state index in [-0.39, 0.29) is 32.3 Å². The Labute approximate surface area is 157 Å². The third kappa shape index (κ3) is 4.17. The van der Waals surface area contributed by atoms with Crippen LogP contribution >= 0.6 is 11.3 Å². The van der Waals surface area contributed by atoms with Crippen molar-refractivity contribution in [3.63, 3.8) is 0 Å². The maximum Gasteiger partial charge on any atom is 0.348 e. The van der Waals surface area contributed by atoms with Gasteiger partial charge in [-0.25, -0.2) is 18.8 Å². The average Bonchev–Trinajstić information content (AvgIpc) is 3.00. The second-order valence-corrected chi connectivity index (χ2v) is 6.11. The summed E-state index contributed by atoms with van der Waals surface area (Å²) >= 11 is 0.807. The third-order valence-electron chi connectivity index (χ3n) is 3.53. The van der Waals surface area contributed by atoms with Crippen LogP contribution in [0.3, 0.4) is 0 Å². The number of benzene rings is 1. The molecule has 0 unspecified atom stereocenters. The van der Waals surface area contributed by atoms with Crippen LogP contribution < -0.4 is 10.5 Å². The third-order valence-corrected chi connectivity index (χ3v) is 4.57. The summed E-state index contributed by atoms with van der Waals surface area (Å²) in [5.41, 5.74) is 5.68. The van der Waals surface area contributed by atoms with Crippen LogP contribution in [-0.4, -0.2) is 39.2 Å². The predicted octanol–water partition coefficient (Wildman–Crippen LogP) is 2.41. The number of rotatable bonds is 6. The number of halogens is 1. The Hall–Kier alpha value is -3.14. The molecule has 0 atom stereocenters. The van der Waals surface area contributed by atoms with Crippen LogP contribution in [0.25, 0.3) is 0 Å². The molecule has 0 aliphatic carbocycles. The minimum atomic E-state index is -0.868. The van der Waals surface area contributed by atoms with Gasteiger partial charge in [0, 0.05) is 5.56 Å². The van der Waals surface area contributed by atoms with E-state index in [1.54, 1.807) is 0 Å². The van der Waals surface area contributed by atoms with Crippen LogP contribution in [0.2, 0.25) is 0 Å². The Morgan fingerprint density at radius 1 is 1.07 bits per heavy atom. The molecule has 1 aromatic heterocycles. The van der Waals surface area contributed by atoms with Gasteiger partial charge in [0.25, 0.3) is 0 Å². The number of carbonyl (C=O) groups excluding carboxylic acids is 3. The van der Waals surface area contributed by atoms with Crippen LogP contribution in [0.15, 0.2) is 18.2 Å². The molecule has 0 fully saturated rings. The number of methoxy groups -OCH3 is 3. The Kier molecular flexibility index (Phi) is 6.35. The van der Waals surface area contributed by atoms with E-state index >= 15 is 0 Å². The van der Waals surface area contributed by atoms with E-state index in [9.17, 15) is 18.8 Å². The van der Waals surface area contributed by atoms with Crippen molar-refractivity contribution in [2.45, 2.75) is 6.61 Å². The lowest BCUT2D eigenvalue weighted by molar-refractivity contribution is 0.0452. The number of hydrogen-bond acceptors (Lipinski definition) is 9. The Bertz CT molecular complexity index is 894. The molecule has 0 aliphatic heterocycles. The number of esters is 3. The fourth-order valence-corrected chi connectivity index (χ4v) is 3.20. The summed E-state index contributed by atoms with van der Waals surface area (Å²) < 4.78 is 32.9. The van der Waals surface area contributed by atoms with Crippen molar-refractivity contribution in [1.82, 2.24) is 0 Å². The van der Waals surface area contributed by atoms with E-state index in [0.29, 0.717) is 0 Å². The quantitative estimate of drug-likeness (QED) is 0.584. The first-order chi connectivity index (χ1) is 12.8. The van der Waals surface area contributed by atoms with Gasteiger partial charge in [-0.2, -0.15) is 0 Å². The molecule has 0 radical (unpaired) electrons. The van der Waals surface area contributed by atoms with E-state index in [1.165, 1.54) is 19.2 Å². The highest BCUT2D eigenvalue weighted by atomic mass is 32.1. The lowest BCUT2D eigenvalue weighted by Crippen LogP contribution is -2.13. The molecule has 2 rings (SSSR count). The van der Waals surface area contributed by atoms with Gasteiger partial charge in [-0.3, -0.25) is 0 Å². The summed E-state index contributed by atoms with van der Waals surface area (Å²) in [4.78, 5) is 36.1. The molecule has 144 valence electrons. The topological polar surface area (TPSA) is 114 Å². The molecule has 0 spiro atoms. The molecule has 0 amide bonds. The Morgan fingerprint density at radius 3 is 2.30 bits per heavy atom. The molecule has 0 bridgehead atoms. The summed E-state index contributed by atoms with van der Waals surface area (Å²) in [6.07, 6.45) is 0. The van der Waals surface area contributed by atoms with E-state index in [1.807, 2.05) is 0 Å². The summed E-state index contributed by atoms with van der Waals surface area (Å²) in [7, 11) is 3.60. The highest BCUT2D eigenvalue weighted by Gasteiger charge is 2.28. The van der Waals surface area contributed by atoms with Crippen molar-refractivity contribution in [1.29, 1.82) is 0 Å². The maximum atomic E-state index is 13.7. The number of nitrogens with two attached hydrogens (primary N) is 1. The standard InChI is InChI=1S/C17H16FNO7S/c1-23-11-5-4-8(6-10(11)18)15(20)26-7-9-12(16(21)24-2)14(19)27-13(9)17(22)25-3/h4-6H,7,19H2,1-3H3. The molecular weight excluding hydrogens is 381 g/mol. The first-order valence-corrected chi connectivity index (χ1v) is 8.24. The second-order valence-electron chi connectivity index (χ2n) is 5.06. The summed E-state index contributed by atoms with van der Waals surface area (Å²) in [5.74, 6) is -3.17. The largest absolute Gasteiger partial charge is 0.494 e. The van der Waals surface area contributed by atoms with Crippen LogP contribution in [0.5, 0.6) is 5.75 Å². The summed E-state index contributed by atoms with van der Waals surface area (Å²) in [6, 6.07) is 3.54. The minimum Gasteiger partial charge on any atom is -0.494 e. The van der Waals surface area contributed by atoms with Crippen molar-refractivity contribution in [3.05, 3.63) is 45.6 Å². The fraction of sp³-hybridized carbons (Fsp3) is 0.235. The zero-order valence-corrected chi connectivity index (χ0v) is 15.5.